The number of nitrogens with zero attached hydrogens (tertiary/aromatic N) is 1. The number of fused-ring (bicyclic) bond motifs is 2. The number of benzene rings is 3. The Morgan fingerprint density at radius 1 is 1.00 bits per heavy atom. The van der Waals surface area contributed by atoms with Crippen molar-refractivity contribution < 1.29 is 9.21 Å². The summed E-state index contributed by atoms with van der Waals surface area (Å²) in [4.78, 5) is 34.3. The molecule has 6 rings (SSSR count). The highest BCUT2D eigenvalue weighted by Crippen LogP contribution is 2.32. The van der Waals surface area contributed by atoms with Gasteiger partial charge < -0.3 is 20.0 Å². The molecule has 0 radical (unpaired) electrons. The first-order valence-corrected chi connectivity index (χ1v) is 13.6. The highest BCUT2D eigenvalue weighted by atomic mass is 16.3. The molecular formula is C34H30N4O3. The average molecular weight is 543 g/mol. The molecule has 204 valence electrons. The summed E-state index contributed by atoms with van der Waals surface area (Å²) in [6.07, 6.45) is 3.50. The van der Waals surface area contributed by atoms with Gasteiger partial charge in [-0.3, -0.25) is 9.59 Å². The second-order valence-electron chi connectivity index (χ2n) is 10.3. The molecule has 0 saturated carbocycles. The van der Waals surface area contributed by atoms with E-state index in [0.717, 1.165) is 33.2 Å². The van der Waals surface area contributed by atoms with Crippen molar-refractivity contribution >= 4 is 33.5 Å². The molecule has 7 heteroatoms. The van der Waals surface area contributed by atoms with Gasteiger partial charge in [-0.1, -0.05) is 42.5 Å². The van der Waals surface area contributed by atoms with Crippen molar-refractivity contribution in [2.24, 2.45) is 0 Å². The fourth-order valence-electron chi connectivity index (χ4n) is 5.25. The van der Waals surface area contributed by atoms with Gasteiger partial charge in [-0.2, -0.15) is 0 Å². The fourth-order valence-corrected chi connectivity index (χ4v) is 5.25. The lowest BCUT2D eigenvalue weighted by molar-refractivity contribution is 0.0947. The molecule has 0 bridgehead atoms. The zero-order chi connectivity index (χ0) is 28.5. The highest BCUT2D eigenvalue weighted by molar-refractivity contribution is 5.97. The number of carbonyl (C=O) groups is 1. The molecule has 3 heterocycles. The van der Waals surface area contributed by atoms with Crippen molar-refractivity contribution in [3.05, 3.63) is 129 Å². The average Bonchev–Trinajstić information content (AvgIpc) is 3.46. The summed E-state index contributed by atoms with van der Waals surface area (Å²) in [6.45, 7) is 6.12. The summed E-state index contributed by atoms with van der Waals surface area (Å²) in [7, 11) is 0. The first-order valence-electron chi connectivity index (χ1n) is 13.6. The van der Waals surface area contributed by atoms with Gasteiger partial charge in [-0.15, -0.1) is 0 Å². The van der Waals surface area contributed by atoms with Crippen LogP contribution >= 0.6 is 0 Å². The van der Waals surface area contributed by atoms with E-state index in [2.05, 4.69) is 20.6 Å². The van der Waals surface area contributed by atoms with Gasteiger partial charge >= 0.3 is 0 Å². The van der Waals surface area contributed by atoms with Crippen LogP contribution in [0.2, 0.25) is 0 Å². The molecule has 3 aromatic heterocycles. The van der Waals surface area contributed by atoms with Crippen LogP contribution in [0.1, 0.15) is 45.7 Å². The number of aromatic amines is 1. The maximum absolute atomic E-state index is 13.5. The first-order chi connectivity index (χ1) is 19.9. The van der Waals surface area contributed by atoms with Crippen LogP contribution in [-0.2, 0) is 6.54 Å². The van der Waals surface area contributed by atoms with Crippen LogP contribution < -0.4 is 16.1 Å². The van der Waals surface area contributed by atoms with Crippen LogP contribution in [0.15, 0.2) is 100 Å². The van der Waals surface area contributed by atoms with E-state index in [1.807, 2.05) is 92.8 Å². The van der Waals surface area contributed by atoms with Crippen LogP contribution in [0.4, 0.5) is 5.69 Å². The Hall–Kier alpha value is -5.17. The Morgan fingerprint density at radius 3 is 2.66 bits per heavy atom. The van der Waals surface area contributed by atoms with Crippen LogP contribution in [0.3, 0.4) is 0 Å². The van der Waals surface area contributed by atoms with Gasteiger partial charge in [-0.05, 0) is 73.7 Å². The van der Waals surface area contributed by atoms with E-state index in [0.29, 0.717) is 40.2 Å². The largest absolute Gasteiger partial charge is 0.455 e. The monoisotopic (exact) mass is 542 g/mol. The molecule has 0 fully saturated rings. The van der Waals surface area contributed by atoms with Crippen molar-refractivity contribution in [2.45, 2.75) is 33.4 Å². The normalized spacial score (nSPS) is 12.0. The number of H-pyrrole nitrogens is 1. The Labute approximate surface area is 237 Å². The van der Waals surface area contributed by atoms with Crippen LogP contribution in [0, 0.1) is 13.8 Å². The van der Waals surface area contributed by atoms with Crippen LogP contribution in [0.5, 0.6) is 0 Å². The maximum Gasteiger partial charge on any atom is 0.272 e. The summed E-state index contributed by atoms with van der Waals surface area (Å²) in [5.74, 6) is 0.275. The molecule has 0 aliphatic heterocycles. The Balaban J connectivity index is 1.30. The van der Waals surface area contributed by atoms with Crippen molar-refractivity contribution in [2.75, 3.05) is 5.32 Å². The predicted molar refractivity (Wildman–Crippen MR) is 163 cm³/mol. The Morgan fingerprint density at radius 2 is 1.83 bits per heavy atom. The zero-order valence-electron chi connectivity index (χ0n) is 23.1. The highest BCUT2D eigenvalue weighted by Gasteiger charge is 2.21. The second kappa shape index (κ2) is 10.8. The molecule has 6 aromatic rings. The molecule has 1 unspecified atom stereocenters. The van der Waals surface area contributed by atoms with Crippen molar-refractivity contribution in [1.29, 1.82) is 0 Å². The van der Waals surface area contributed by atoms with Gasteiger partial charge in [0.2, 0.25) is 0 Å². The van der Waals surface area contributed by atoms with Crippen LogP contribution in [-0.4, -0.2) is 15.9 Å². The zero-order valence-corrected chi connectivity index (χ0v) is 23.1. The number of rotatable bonds is 7. The summed E-state index contributed by atoms with van der Waals surface area (Å²) in [5, 5.41) is 8.07. The summed E-state index contributed by atoms with van der Waals surface area (Å²) >= 11 is 0. The molecule has 3 aromatic carbocycles. The number of pyridine rings is 1. The minimum Gasteiger partial charge on any atom is -0.455 e. The number of amides is 1. The first kappa shape index (κ1) is 26.1. The van der Waals surface area contributed by atoms with E-state index >= 15 is 0 Å². The fraction of sp³-hybridized carbons (Fsp3) is 0.147. The predicted octanol–water partition coefficient (Wildman–Crippen LogP) is 7.06. The minimum atomic E-state index is -0.293. The third-order valence-electron chi connectivity index (χ3n) is 7.36. The van der Waals surface area contributed by atoms with E-state index in [1.165, 1.54) is 0 Å². The second-order valence-corrected chi connectivity index (χ2v) is 10.3. The van der Waals surface area contributed by atoms with E-state index in [4.69, 9.17) is 4.42 Å². The van der Waals surface area contributed by atoms with E-state index in [1.54, 1.807) is 19.2 Å². The molecule has 1 atom stereocenters. The number of nitrogens with one attached hydrogen (secondary N) is 3. The molecule has 0 aliphatic rings. The standard InChI is InChI=1S/C34H30N4O3/c1-20-16-26(33-27(17-20)31(39)21(2)32(41-33)24-8-5-4-6-9-24)22(3)38-29-10-7-14-36-30(29)34(40)37-19-23-11-12-28-25(18-23)13-15-35-28/h4-18,22,35,38H,19H2,1-3H3,(H,37,40). The molecule has 0 saturated heterocycles. The lowest BCUT2D eigenvalue weighted by Crippen LogP contribution is -2.25. The minimum absolute atomic E-state index is 0.0541. The quantitative estimate of drug-likeness (QED) is 0.201. The van der Waals surface area contributed by atoms with Gasteiger partial charge in [0.1, 0.15) is 11.3 Å². The molecule has 3 N–H and O–H groups in total. The van der Waals surface area contributed by atoms with E-state index < -0.39 is 0 Å². The van der Waals surface area contributed by atoms with Gasteiger partial charge in [0.15, 0.2) is 11.1 Å². The maximum atomic E-state index is 13.5. The van der Waals surface area contributed by atoms with Crippen LogP contribution in [0.25, 0.3) is 33.2 Å². The molecule has 0 aliphatic carbocycles. The molecule has 41 heavy (non-hydrogen) atoms. The van der Waals surface area contributed by atoms with Gasteiger partial charge in [0.25, 0.3) is 5.91 Å². The molecular weight excluding hydrogens is 512 g/mol. The van der Waals surface area contributed by atoms with E-state index in [9.17, 15) is 9.59 Å². The third kappa shape index (κ3) is 5.10. The Bertz CT molecular complexity index is 1960. The summed E-state index contributed by atoms with van der Waals surface area (Å²) < 4.78 is 6.46. The van der Waals surface area contributed by atoms with Gasteiger partial charge in [0.05, 0.1) is 17.1 Å². The number of anilines is 1. The van der Waals surface area contributed by atoms with Gasteiger partial charge in [-0.25, -0.2) is 4.98 Å². The molecule has 0 spiro atoms. The third-order valence-corrected chi connectivity index (χ3v) is 7.36. The van der Waals surface area contributed by atoms with Crippen molar-refractivity contribution in [3.63, 3.8) is 0 Å². The summed E-state index contributed by atoms with van der Waals surface area (Å²) in [6, 6.07) is 24.9. The van der Waals surface area contributed by atoms with Crippen molar-refractivity contribution in [1.82, 2.24) is 15.3 Å². The number of hydrogen-bond acceptors (Lipinski definition) is 5. The Kier molecular flexibility index (Phi) is 6.85. The topological polar surface area (TPSA) is 100 Å². The lowest BCUT2D eigenvalue weighted by Gasteiger charge is -2.20. The SMILES string of the molecule is Cc1cc(C(C)Nc2cccnc2C(=O)NCc2ccc3[nH]ccc3c2)c2oc(-c3ccccc3)c(C)c(=O)c2c1. The number of aromatic nitrogens is 2. The number of aryl methyl sites for hydroxylation is 1. The van der Waals surface area contributed by atoms with Gasteiger partial charge in [0, 0.05) is 41.1 Å². The number of hydrogen-bond donors (Lipinski definition) is 3. The van der Waals surface area contributed by atoms with Crippen molar-refractivity contribution in [3.8, 4) is 11.3 Å². The number of carbonyl (C=O) groups excluding carboxylic acids is 1. The molecule has 1 amide bonds. The lowest BCUT2D eigenvalue weighted by atomic mass is 9.98. The summed E-state index contributed by atoms with van der Waals surface area (Å²) in [5.41, 5.74) is 6.59. The van der Waals surface area contributed by atoms with E-state index in [-0.39, 0.29) is 17.4 Å². The smallest absolute Gasteiger partial charge is 0.272 e. The molecule has 7 nitrogen and oxygen atoms in total.